The average Bonchev–Trinajstić information content (AvgIpc) is 2.48. The summed E-state index contributed by atoms with van der Waals surface area (Å²) in [5, 5.41) is 13.0. The van der Waals surface area contributed by atoms with Crippen molar-refractivity contribution in [2.45, 2.75) is 63.8 Å². The third kappa shape index (κ3) is 3.19. The van der Waals surface area contributed by atoms with E-state index in [9.17, 15) is 9.90 Å². The topological polar surface area (TPSA) is 49.3 Å². The summed E-state index contributed by atoms with van der Waals surface area (Å²) in [5.41, 5.74) is 3.04. The van der Waals surface area contributed by atoms with Crippen LogP contribution < -0.4 is 5.32 Å². The van der Waals surface area contributed by atoms with Gasteiger partial charge in [0.2, 0.25) is 0 Å². The molecular weight excluding hydrogens is 274 g/mol. The second kappa shape index (κ2) is 6.82. The van der Waals surface area contributed by atoms with E-state index < -0.39 is 5.97 Å². The highest BCUT2D eigenvalue weighted by atomic mass is 16.4. The lowest BCUT2D eigenvalue weighted by molar-refractivity contribution is 0.0696. The molecule has 1 fully saturated rings. The van der Waals surface area contributed by atoms with E-state index in [1.54, 1.807) is 6.07 Å². The smallest absolute Gasteiger partial charge is 0.335 e. The molecule has 0 bridgehead atoms. The van der Waals surface area contributed by atoms with E-state index in [0.717, 1.165) is 18.9 Å². The molecule has 2 unspecified atom stereocenters. The van der Waals surface area contributed by atoms with Crippen LogP contribution in [-0.4, -0.2) is 23.7 Å². The first-order chi connectivity index (χ1) is 10.7. The second-order valence-corrected chi connectivity index (χ2v) is 6.92. The maximum atomic E-state index is 11.2. The molecule has 0 aromatic heterocycles. The maximum Gasteiger partial charge on any atom is 0.335 e. The molecule has 3 nitrogen and oxygen atoms in total. The van der Waals surface area contributed by atoms with Gasteiger partial charge in [-0.2, -0.15) is 0 Å². The van der Waals surface area contributed by atoms with Crippen molar-refractivity contribution >= 4 is 5.97 Å². The van der Waals surface area contributed by atoms with Crippen LogP contribution in [0.4, 0.5) is 0 Å². The van der Waals surface area contributed by atoms with Gasteiger partial charge in [-0.25, -0.2) is 4.79 Å². The number of aryl methyl sites for hydroxylation is 1. The lowest BCUT2D eigenvalue weighted by Gasteiger charge is -2.35. The van der Waals surface area contributed by atoms with Crippen molar-refractivity contribution in [2.75, 3.05) is 6.54 Å². The number of hydrogen-bond acceptors (Lipinski definition) is 2. The number of hydrogen-bond donors (Lipinski definition) is 2. The van der Waals surface area contributed by atoms with Crippen molar-refractivity contribution < 1.29 is 9.90 Å². The Balaban J connectivity index is 1.70. The van der Waals surface area contributed by atoms with Gasteiger partial charge in [-0.15, -0.1) is 0 Å². The number of benzene rings is 1. The van der Waals surface area contributed by atoms with E-state index in [4.69, 9.17) is 0 Å². The number of fused-ring (bicyclic) bond motifs is 1. The Labute approximate surface area is 133 Å². The Morgan fingerprint density at radius 1 is 1.32 bits per heavy atom. The van der Waals surface area contributed by atoms with Gasteiger partial charge in [-0.3, -0.25) is 0 Å². The van der Waals surface area contributed by atoms with Crippen LogP contribution in [0.1, 0.15) is 72.9 Å². The molecule has 120 valence electrons. The molecule has 0 radical (unpaired) electrons. The fraction of sp³-hybridized carbons (Fsp3) is 0.632. The van der Waals surface area contributed by atoms with Gasteiger partial charge in [-0.05, 0) is 73.6 Å². The number of aromatic carboxylic acids is 1. The highest BCUT2D eigenvalue weighted by Gasteiger charge is 2.27. The van der Waals surface area contributed by atoms with Crippen LogP contribution in [0, 0.1) is 5.92 Å². The molecule has 3 rings (SSSR count). The minimum Gasteiger partial charge on any atom is -0.478 e. The predicted octanol–water partition coefficient (Wildman–Crippen LogP) is 3.97. The summed E-state index contributed by atoms with van der Waals surface area (Å²) >= 11 is 0. The van der Waals surface area contributed by atoms with Crippen molar-refractivity contribution in [1.82, 2.24) is 5.32 Å². The molecule has 2 aliphatic carbocycles. The third-order valence-electron chi connectivity index (χ3n) is 5.62. The van der Waals surface area contributed by atoms with E-state index in [-0.39, 0.29) is 0 Å². The van der Waals surface area contributed by atoms with Crippen molar-refractivity contribution in [1.29, 1.82) is 0 Å². The van der Waals surface area contributed by atoms with E-state index in [1.165, 1.54) is 49.7 Å². The van der Waals surface area contributed by atoms with Crippen LogP contribution in [0.5, 0.6) is 0 Å². The first-order valence-corrected chi connectivity index (χ1v) is 8.78. The number of rotatable bonds is 6. The molecular formula is C19H27NO2. The molecule has 3 heteroatoms. The summed E-state index contributed by atoms with van der Waals surface area (Å²) in [6.45, 7) is 3.26. The molecule has 2 atom stereocenters. The number of carboxylic acids is 1. The van der Waals surface area contributed by atoms with Crippen LogP contribution >= 0.6 is 0 Å². The fourth-order valence-electron chi connectivity index (χ4n) is 4.02. The van der Waals surface area contributed by atoms with Crippen LogP contribution in [0.3, 0.4) is 0 Å². The number of carbonyl (C=O) groups is 1. The summed E-state index contributed by atoms with van der Waals surface area (Å²) in [6, 6.07) is 6.32. The summed E-state index contributed by atoms with van der Waals surface area (Å²) in [4.78, 5) is 11.2. The van der Waals surface area contributed by atoms with Gasteiger partial charge in [0, 0.05) is 12.6 Å². The van der Waals surface area contributed by atoms with Crippen molar-refractivity contribution in [3.05, 3.63) is 34.9 Å². The van der Waals surface area contributed by atoms with Gasteiger partial charge in [-0.1, -0.05) is 19.4 Å². The molecule has 0 aliphatic heterocycles. The largest absolute Gasteiger partial charge is 0.478 e. The van der Waals surface area contributed by atoms with Gasteiger partial charge in [0.1, 0.15) is 0 Å². The normalized spacial score (nSPS) is 22.7. The van der Waals surface area contributed by atoms with Gasteiger partial charge < -0.3 is 10.4 Å². The van der Waals surface area contributed by atoms with Crippen molar-refractivity contribution in [2.24, 2.45) is 5.92 Å². The van der Waals surface area contributed by atoms with Gasteiger partial charge >= 0.3 is 5.97 Å². The van der Waals surface area contributed by atoms with Gasteiger partial charge in [0.05, 0.1) is 5.56 Å². The van der Waals surface area contributed by atoms with E-state index in [0.29, 0.717) is 17.5 Å². The molecule has 2 N–H and O–H groups in total. The number of nitrogens with one attached hydrogen (secondary N) is 1. The van der Waals surface area contributed by atoms with E-state index >= 15 is 0 Å². The molecule has 1 aromatic rings. The molecule has 1 saturated carbocycles. The SMILES string of the molecule is CCC(NCC1CCCc2ccc(C(=O)O)cc21)C1CCC1. The molecule has 2 aliphatic rings. The molecule has 0 spiro atoms. The van der Waals surface area contributed by atoms with E-state index in [1.807, 2.05) is 12.1 Å². The lowest BCUT2D eigenvalue weighted by atomic mass is 9.78. The van der Waals surface area contributed by atoms with Gasteiger partial charge in [0.25, 0.3) is 0 Å². The first-order valence-electron chi connectivity index (χ1n) is 8.78. The first kappa shape index (κ1) is 15.5. The van der Waals surface area contributed by atoms with E-state index in [2.05, 4.69) is 12.2 Å². The van der Waals surface area contributed by atoms with Gasteiger partial charge in [0.15, 0.2) is 0 Å². The quantitative estimate of drug-likeness (QED) is 0.835. The fourth-order valence-corrected chi connectivity index (χ4v) is 4.02. The maximum absolute atomic E-state index is 11.2. The molecule has 1 aromatic carbocycles. The second-order valence-electron chi connectivity index (χ2n) is 6.92. The molecule has 0 heterocycles. The standard InChI is InChI=1S/C19H27NO2/c1-2-18(14-6-4-7-14)20-12-16-8-3-5-13-9-10-15(19(21)22)11-17(13)16/h9-11,14,16,18,20H,2-8,12H2,1H3,(H,21,22). The monoisotopic (exact) mass is 301 g/mol. The highest BCUT2D eigenvalue weighted by Crippen LogP contribution is 2.34. The molecule has 0 saturated heterocycles. The Kier molecular flexibility index (Phi) is 4.82. The van der Waals surface area contributed by atoms with Crippen LogP contribution in [-0.2, 0) is 6.42 Å². The zero-order chi connectivity index (χ0) is 15.5. The minimum atomic E-state index is -0.819. The molecule has 22 heavy (non-hydrogen) atoms. The summed E-state index contributed by atoms with van der Waals surface area (Å²) < 4.78 is 0. The summed E-state index contributed by atoms with van der Waals surface area (Å²) in [5.74, 6) is 0.511. The average molecular weight is 301 g/mol. The Morgan fingerprint density at radius 2 is 2.14 bits per heavy atom. The van der Waals surface area contributed by atoms with Crippen LogP contribution in [0.2, 0.25) is 0 Å². The van der Waals surface area contributed by atoms with Crippen LogP contribution in [0.25, 0.3) is 0 Å². The minimum absolute atomic E-state index is 0.427. The highest BCUT2D eigenvalue weighted by molar-refractivity contribution is 5.88. The summed E-state index contributed by atoms with van der Waals surface area (Å²) in [7, 11) is 0. The lowest BCUT2D eigenvalue weighted by Crippen LogP contribution is -2.41. The predicted molar refractivity (Wildman–Crippen MR) is 88.5 cm³/mol. The number of carboxylic acid groups (broad SMARTS) is 1. The summed E-state index contributed by atoms with van der Waals surface area (Å²) in [6.07, 6.45) is 8.80. The zero-order valence-corrected chi connectivity index (χ0v) is 13.5. The zero-order valence-electron chi connectivity index (χ0n) is 13.5. The Morgan fingerprint density at radius 3 is 2.77 bits per heavy atom. The third-order valence-corrected chi connectivity index (χ3v) is 5.62. The molecule has 0 amide bonds. The van der Waals surface area contributed by atoms with Crippen molar-refractivity contribution in [3.8, 4) is 0 Å². The Bertz CT molecular complexity index is 536. The van der Waals surface area contributed by atoms with Crippen LogP contribution in [0.15, 0.2) is 18.2 Å². The van der Waals surface area contributed by atoms with Crippen molar-refractivity contribution in [3.63, 3.8) is 0 Å². The Hall–Kier alpha value is -1.35.